The predicted molar refractivity (Wildman–Crippen MR) is 127 cm³/mol. The van der Waals surface area contributed by atoms with Gasteiger partial charge in [-0.2, -0.15) is 4.98 Å². The lowest BCUT2D eigenvalue weighted by Crippen LogP contribution is -2.40. The van der Waals surface area contributed by atoms with Gasteiger partial charge in [-0.25, -0.2) is 4.79 Å². The zero-order valence-corrected chi connectivity index (χ0v) is 19.2. The maximum Gasteiger partial charge on any atom is 0.332 e. The van der Waals surface area contributed by atoms with Crippen LogP contribution >= 0.6 is 11.6 Å². The number of nitrogens with one attached hydrogen (secondary N) is 1. The molecule has 0 aliphatic carbocycles. The first kappa shape index (κ1) is 22.9. The Bertz CT molecular complexity index is 1350. The predicted octanol–water partition coefficient (Wildman–Crippen LogP) is 2.24. The summed E-state index contributed by atoms with van der Waals surface area (Å²) in [5.74, 6) is 0.636. The second-order valence-electron chi connectivity index (χ2n) is 7.78. The third kappa shape index (κ3) is 4.46. The van der Waals surface area contributed by atoms with Crippen molar-refractivity contribution < 1.29 is 9.84 Å². The van der Waals surface area contributed by atoms with E-state index in [1.807, 2.05) is 37.3 Å². The zero-order valence-electron chi connectivity index (χ0n) is 18.5. The molecule has 10 heteroatoms. The molecule has 3 heterocycles. The number of rotatable bonds is 8. The van der Waals surface area contributed by atoms with Gasteiger partial charge in [0.2, 0.25) is 0 Å². The molecule has 0 bridgehead atoms. The van der Waals surface area contributed by atoms with Gasteiger partial charge in [0.1, 0.15) is 5.75 Å². The number of hydrogen-bond donors (Lipinski definition) is 2. The molecule has 4 rings (SSSR count). The quantitative estimate of drug-likeness (QED) is 0.522. The van der Waals surface area contributed by atoms with E-state index in [0.717, 1.165) is 16.6 Å². The minimum absolute atomic E-state index is 0.109. The fourth-order valence-corrected chi connectivity index (χ4v) is 3.96. The number of allylic oxidation sites excluding steroid dienone is 2. The van der Waals surface area contributed by atoms with Crippen LogP contribution in [-0.4, -0.2) is 36.4 Å². The third-order valence-electron chi connectivity index (χ3n) is 5.59. The second-order valence-corrected chi connectivity index (χ2v) is 8.21. The van der Waals surface area contributed by atoms with Crippen LogP contribution in [0.1, 0.15) is 18.9 Å². The highest BCUT2D eigenvalue weighted by molar-refractivity contribution is 6.31. The number of benzene rings is 1. The molecule has 2 aromatic heterocycles. The topological polar surface area (TPSA) is 103 Å². The molecule has 0 saturated carbocycles. The van der Waals surface area contributed by atoms with Gasteiger partial charge in [0, 0.05) is 26.4 Å². The average molecular weight is 472 g/mol. The smallest absolute Gasteiger partial charge is 0.332 e. The number of hydrogen-bond acceptors (Lipinski definition) is 6. The molecule has 1 aliphatic rings. The van der Waals surface area contributed by atoms with Crippen molar-refractivity contribution in [2.45, 2.75) is 38.9 Å². The molecule has 0 spiro atoms. The summed E-state index contributed by atoms with van der Waals surface area (Å²) in [6.07, 6.45) is 6.42. The minimum Gasteiger partial charge on any atom is -0.425 e. The molecule has 9 nitrogen and oxygen atoms in total. The lowest BCUT2D eigenvalue weighted by molar-refractivity contribution is 0.277. The SMILES string of the molecule is CCc1ccccc1Oc1nc2c(c(=O)n(CCCO)c(=O)n2C)n1CC1C=CC(Cl)=CN1. The fourth-order valence-electron chi connectivity index (χ4n) is 3.83. The Labute approximate surface area is 195 Å². The van der Waals surface area contributed by atoms with Crippen molar-refractivity contribution in [1.29, 1.82) is 0 Å². The van der Waals surface area contributed by atoms with Gasteiger partial charge in [-0.15, -0.1) is 0 Å². The summed E-state index contributed by atoms with van der Waals surface area (Å²) in [5, 5.41) is 13.0. The molecular weight excluding hydrogens is 446 g/mol. The van der Waals surface area contributed by atoms with Gasteiger partial charge >= 0.3 is 11.7 Å². The van der Waals surface area contributed by atoms with Crippen molar-refractivity contribution in [3.63, 3.8) is 0 Å². The molecule has 1 aliphatic heterocycles. The van der Waals surface area contributed by atoms with Crippen LogP contribution in [0.15, 0.2) is 57.2 Å². The van der Waals surface area contributed by atoms with E-state index in [1.165, 1.54) is 4.57 Å². The molecule has 174 valence electrons. The zero-order chi connectivity index (χ0) is 23.5. The summed E-state index contributed by atoms with van der Waals surface area (Å²) < 4.78 is 10.4. The van der Waals surface area contributed by atoms with Crippen LogP contribution in [0.4, 0.5) is 0 Å². The molecule has 0 radical (unpaired) electrons. The van der Waals surface area contributed by atoms with Crippen molar-refractivity contribution in [3.8, 4) is 11.8 Å². The van der Waals surface area contributed by atoms with Crippen molar-refractivity contribution >= 4 is 22.8 Å². The van der Waals surface area contributed by atoms with E-state index >= 15 is 0 Å². The number of para-hydroxylation sites is 1. The van der Waals surface area contributed by atoms with Crippen LogP contribution in [0.25, 0.3) is 11.2 Å². The number of imidazole rings is 1. The van der Waals surface area contributed by atoms with Crippen LogP contribution < -0.4 is 21.3 Å². The van der Waals surface area contributed by atoms with Gasteiger partial charge in [0.05, 0.1) is 17.6 Å². The Morgan fingerprint density at radius 3 is 2.73 bits per heavy atom. The molecule has 1 aromatic carbocycles. The average Bonchev–Trinajstić information content (AvgIpc) is 3.17. The summed E-state index contributed by atoms with van der Waals surface area (Å²) in [7, 11) is 1.57. The van der Waals surface area contributed by atoms with E-state index in [0.29, 0.717) is 17.3 Å². The van der Waals surface area contributed by atoms with Crippen molar-refractivity contribution in [2.75, 3.05) is 6.61 Å². The number of aromatic nitrogens is 4. The molecule has 33 heavy (non-hydrogen) atoms. The molecule has 0 amide bonds. The maximum absolute atomic E-state index is 13.4. The van der Waals surface area contributed by atoms with Gasteiger partial charge in [0.25, 0.3) is 5.56 Å². The van der Waals surface area contributed by atoms with E-state index in [9.17, 15) is 14.7 Å². The van der Waals surface area contributed by atoms with Gasteiger partial charge < -0.3 is 15.2 Å². The van der Waals surface area contributed by atoms with Gasteiger partial charge in [-0.3, -0.25) is 18.5 Å². The highest BCUT2D eigenvalue weighted by Crippen LogP contribution is 2.28. The van der Waals surface area contributed by atoms with Crippen LogP contribution in [0.3, 0.4) is 0 Å². The lowest BCUT2D eigenvalue weighted by atomic mass is 10.1. The Morgan fingerprint density at radius 2 is 2.03 bits per heavy atom. The first-order chi connectivity index (χ1) is 15.9. The number of nitrogens with zero attached hydrogens (tertiary/aromatic N) is 4. The van der Waals surface area contributed by atoms with Crippen molar-refractivity contribution in [1.82, 2.24) is 24.0 Å². The maximum atomic E-state index is 13.4. The summed E-state index contributed by atoms with van der Waals surface area (Å²) in [6, 6.07) is 7.67. The highest BCUT2D eigenvalue weighted by atomic mass is 35.5. The normalized spacial score (nSPS) is 15.5. The number of aliphatic hydroxyl groups is 1. The monoisotopic (exact) mass is 471 g/mol. The molecule has 1 atom stereocenters. The second kappa shape index (κ2) is 9.68. The molecule has 0 saturated heterocycles. The minimum atomic E-state index is -0.489. The van der Waals surface area contributed by atoms with E-state index in [2.05, 4.69) is 10.3 Å². The van der Waals surface area contributed by atoms with Crippen LogP contribution in [0.5, 0.6) is 11.8 Å². The van der Waals surface area contributed by atoms with Crippen LogP contribution in [0.2, 0.25) is 0 Å². The van der Waals surface area contributed by atoms with Gasteiger partial charge in [-0.05, 0) is 30.5 Å². The molecule has 0 fully saturated rings. The van der Waals surface area contributed by atoms with Gasteiger partial charge in [-0.1, -0.05) is 42.8 Å². The number of dihydropyridines is 1. The van der Waals surface area contributed by atoms with Crippen LogP contribution in [-0.2, 0) is 26.6 Å². The Balaban J connectivity index is 1.89. The Hall–Kier alpha value is -3.30. The Kier molecular flexibility index (Phi) is 6.71. The van der Waals surface area contributed by atoms with Crippen molar-refractivity contribution in [3.05, 3.63) is 74.1 Å². The summed E-state index contributed by atoms with van der Waals surface area (Å²) in [6.45, 7) is 2.34. The van der Waals surface area contributed by atoms with Crippen LogP contribution in [0, 0.1) is 0 Å². The first-order valence-corrected chi connectivity index (χ1v) is 11.2. The van der Waals surface area contributed by atoms with Gasteiger partial charge in [0.15, 0.2) is 11.2 Å². The molecule has 1 unspecified atom stereocenters. The number of ether oxygens (including phenoxy) is 1. The van der Waals surface area contributed by atoms with E-state index < -0.39 is 11.2 Å². The molecular formula is C23H26ClN5O4. The first-order valence-electron chi connectivity index (χ1n) is 10.8. The number of halogens is 1. The Morgan fingerprint density at radius 1 is 1.24 bits per heavy atom. The highest BCUT2D eigenvalue weighted by Gasteiger charge is 2.24. The fraction of sp³-hybridized carbons (Fsp3) is 0.348. The van der Waals surface area contributed by atoms with E-state index in [4.69, 9.17) is 16.3 Å². The summed E-state index contributed by atoms with van der Waals surface area (Å²) in [4.78, 5) is 30.8. The lowest BCUT2D eigenvalue weighted by Gasteiger charge is -2.19. The largest absolute Gasteiger partial charge is 0.425 e. The number of fused-ring (bicyclic) bond motifs is 1. The summed E-state index contributed by atoms with van der Waals surface area (Å²) >= 11 is 6.02. The van der Waals surface area contributed by atoms with E-state index in [-0.39, 0.29) is 42.8 Å². The van der Waals surface area contributed by atoms with Crippen molar-refractivity contribution in [2.24, 2.45) is 7.05 Å². The standard InChI is InChI=1S/C23H26ClN5O4/c1-3-15-7-4-5-8-18(15)33-22-26-20-19(29(22)14-17-10-9-16(24)13-25-17)21(31)28(11-6-12-30)23(32)27(20)2/h4-5,7-10,13,17,25,30H,3,6,11-12,14H2,1-2H3. The van der Waals surface area contributed by atoms with E-state index in [1.54, 1.807) is 23.9 Å². The molecule has 3 aromatic rings. The number of aryl methyl sites for hydroxylation is 2. The number of aliphatic hydroxyl groups excluding tert-OH is 1. The third-order valence-corrected chi connectivity index (χ3v) is 5.83. The summed E-state index contributed by atoms with van der Waals surface area (Å²) in [5.41, 5.74) is 0.533. The molecule has 2 N–H and O–H groups in total.